The highest BCUT2D eigenvalue weighted by molar-refractivity contribution is 5.04. The summed E-state index contributed by atoms with van der Waals surface area (Å²) in [5.74, 6) is 0.879. The topological polar surface area (TPSA) is 63.0 Å². The first-order valence-electron chi connectivity index (χ1n) is 5.96. The molecule has 2 aliphatic heterocycles. The number of aliphatic hydroxyl groups is 1. The van der Waals surface area contributed by atoms with Crippen molar-refractivity contribution in [3.8, 4) is 0 Å². The molecule has 0 amide bonds. The first-order valence-corrected chi connectivity index (χ1v) is 5.96. The van der Waals surface area contributed by atoms with Crippen LogP contribution in [0.4, 0.5) is 0 Å². The van der Waals surface area contributed by atoms with Crippen molar-refractivity contribution in [2.75, 3.05) is 0 Å². The first-order chi connectivity index (χ1) is 7.65. The van der Waals surface area contributed by atoms with Gasteiger partial charge in [-0.05, 0) is 25.7 Å². The molecule has 2 fully saturated rings. The van der Waals surface area contributed by atoms with Crippen LogP contribution in [0.15, 0.2) is 6.33 Å². The van der Waals surface area contributed by atoms with E-state index in [-0.39, 0.29) is 0 Å². The third-order valence-corrected chi connectivity index (χ3v) is 3.88. The van der Waals surface area contributed by atoms with Gasteiger partial charge in [0, 0.05) is 25.6 Å². The van der Waals surface area contributed by atoms with E-state index in [1.165, 1.54) is 12.8 Å². The largest absolute Gasteiger partial charge is 0.389 e. The van der Waals surface area contributed by atoms with E-state index in [1.807, 2.05) is 7.05 Å². The van der Waals surface area contributed by atoms with Gasteiger partial charge < -0.3 is 10.4 Å². The van der Waals surface area contributed by atoms with Crippen LogP contribution in [-0.2, 0) is 13.5 Å². The smallest absolute Gasteiger partial charge is 0.138 e. The summed E-state index contributed by atoms with van der Waals surface area (Å²) in [6.07, 6.45) is 6.26. The third-order valence-electron chi connectivity index (χ3n) is 3.88. The Labute approximate surface area is 94.9 Å². The van der Waals surface area contributed by atoms with Crippen molar-refractivity contribution >= 4 is 0 Å². The summed E-state index contributed by atoms with van der Waals surface area (Å²) in [6.45, 7) is 0. The summed E-state index contributed by atoms with van der Waals surface area (Å²) in [7, 11) is 1.88. The highest BCUT2D eigenvalue weighted by atomic mass is 16.3. The molecule has 5 heteroatoms. The molecule has 16 heavy (non-hydrogen) atoms. The molecule has 0 radical (unpaired) electrons. The van der Waals surface area contributed by atoms with Gasteiger partial charge in [0.25, 0.3) is 0 Å². The van der Waals surface area contributed by atoms with Crippen LogP contribution in [0.2, 0.25) is 0 Å². The molecule has 88 valence electrons. The van der Waals surface area contributed by atoms with Crippen LogP contribution in [0.5, 0.6) is 0 Å². The molecule has 2 unspecified atom stereocenters. The van der Waals surface area contributed by atoms with Crippen LogP contribution < -0.4 is 5.32 Å². The Balaban J connectivity index is 1.76. The van der Waals surface area contributed by atoms with Gasteiger partial charge in [-0.25, -0.2) is 4.98 Å². The molecule has 5 nitrogen and oxygen atoms in total. The second-order valence-electron chi connectivity index (χ2n) is 5.25. The van der Waals surface area contributed by atoms with Crippen LogP contribution in [0.25, 0.3) is 0 Å². The fourth-order valence-electron chi connectivity index (χ4n) is 3.14. The number of nitrogens with zero attached hydrogens (tertiary/aromatic N) is 3. The van der Waals surface area contributed by atoms with Crippen molar-refractivity contribution < 1.29 is 5.11 Å². The van der Waals surface area contributed by atoms with E-state index in [9.17, 15) is 5.11 Å². The second kappa shape index (κ2) is 3.53. The minimum atomic E-state index is -0.585. The van der Waals surface area contributed by atoms with E-state index in [1.54, 1.807) is 11.0 Å². The average Bonchev–Trinajstić information content (AvgIpc) is 2.74. The SMILES string of the molecule is Cn1ncnc1CC1(O)CC2CCC(C1)N2. The predicted octanol–water partition coefficient (Wildman–Crippen LogP) is 0.00310. The zero-order valence-corrected chi connectivity index (χ0v) is 9.56. The Morgan fingerprint density at radius 2 is 2.19 bits per heavy atom. The summed E-state index contributed by atoms with van der Waals surface area (Å²) >= 11 is 0. The molecule has 0 saturated carbocycles. The molecule has 3 rings (SSSR count). The summed E-state index contributed by atoms with van der Waals surface area (Å²) in [5.41, 5.74) is -0.585. The number of aryl methyl sites for hydroxylation is 1. The van der Waals surface area contributed by atoms with Crippen LogP contribution in [-0.4, -0.2) is 37.6 Å². The van der Waals surface area contributed by atoms with Crippen molar-refractivity contribution in [2.45, 2.75) is 49.8 Å². The number of hydrogen-bond acceptors (Lipinski definition) is 4. The fraction of sp³-hybridized carbons (Fsp3) is 0.818. The van der Waals surface area contributed by atoms with Gasteiger partial charge in [0.1, 0.15) is 12.2 Å². The lowest BCUT2D eigenvalue weighted by molar-refractivity contribution is -0.00835. The van der Waals surface area contributed by atoms with Gasteiger partial charge in [0.05, 0.1) is 5.60 Å². The summed E-state index contributed by atoms with van der Waals surface area (Å²) in [6, 6.07) is 0.994. The van der Waals surface area contributed by atoms with Crippen LogP contribution in [0.1, 0.15) is 31.5 Å². The highest BCUT2D eigenvalue weighted by Crippen LogP contribution is 2.35. The van der Waals surface area contributed by atoms with Crippen LogP contribution in [0.3, 0.4) is 0 Å². The Morgan fingerprint density at radius 3 is 2.75 bits per heavy atom. The average molecular weight is 222 g/mol. The van der Waals surface area contributed by atoms with E-state index in [0.29, 0.717) is 18.5 Å². The number of aromatic nitrogens is 3. The van der Waals surface area contributed by atoms with Gasteiger partial charge in [-0.15, -0.1) is 0 Å². The van der Waals surface area contributed by atoms with Crippen molar-refractivity contribution in [1.82, 2.24) is 20.1 Å². The lowest BCUT2D eigenvalue weighted by Crippen LogP contribution is -2.49. The van der Waals surface area contributed by atoms with E-state index < -0.39 is 5.60 Å². The van der Waals surface area contributed by atoms with Gasteiger partial charge in [0.15, 0.2) is 0 Å². The summed E-state index contributed by atoms with van der Waals surface area (Å²) in [4.78, 5) is 4.20. The third kappa shape index (κ3) is 1.74. The normalized spacial score (nSPS) is 37.9. The molecule has 1 aromatic rings. The maximum absolute atomic E-state index is 10.6. The Bertz CT molecular complexity index is 377. The molecule has 2 aliphatic rings. The molecule has 2 atom stereocenters. The molecule has 0 spiro atoms. The molecule has 3 heterocycles. The van der Waals surface area contributed by atoms with Gasteiger partial charge in [-0.1, -0.05) is 0 Å². The lowest BCUT2D eigenvalue weighted by atomic mass is 9.84. The standard InChI is InChI=1S/C11H18N4O/c1-15-10(12-7-13-15)6-11(16)4-8-2-3-9(5-11)14-8/h7-9,14,16H,2-6H2,1H3. The van der Waals surface area contributed by atoms with Crippen LogP contribution >= 0.6 is 0 Å². The number of hydrogen-bond donors (Lipinski definition) is 2. The second-order valence-corrected chi connectivity index (χ2v) is 5.25. The molecule has 2 saturated heterocycles. The van der Waals surface area contributed by atoms with Crippen molar-refractivity contribution in [3.63, 3.8) is 0 Å². The van der Waals surface area contributed by atoms with Gasteiger partial charge in [-0.2, -0.15) is 5.10 Å². The van der Waals surface area contributed by atoms with E-state index in [0.717, 1.165) is 18.7 Å². The Kier molecular flexibility index (Phi) is 2.26. The van der Waals surface area contributed by atoms with E-state index in [2.05, 4.69) is 15.4 Å². The van der Waals surface area contributed by atoms with Gasteiger partial charge >= 0.3 is 0 Å². The minimum absolute atomic E-state index is 0.497. The molecular formula is C11H18N4O. The van der Waals surface area contributed by atoms with E-state index >= 15 is 0 Å². The maximum Gasteiger partial charge on any atom is 0.138 e. The molecule has 0 aromatic carbocycles. The Hall–Kier alpha value is -0.940. The lowest BCUT2D eigenvalue weighted by Gasteiger charge is -2.36. The molecule has 2 bridgehead atoms. The molecule has 1 aromatic heterocycles. The zero-order valence-electron chi connectivity index (χ0n) is 9.56. The van der Waals surface area contributed by atoms with Crippen molar-refractivity contribution in [3.05, 3.63) is 12.2 Å². The quantitative estimate of drug-likeness (QED) is 0.739. The summed E-state index contributed by atoms with van der Waals surface area (Å²) < 4.78 is 1.75. The van der Waals surface area contributed by atoms with Crippen molar-refractivity contribution in [2.24, 2.45) is 7.05 Å². The first kappa shape index (κ1) is 10.2. The number of fused-ring (bicyclic) bond motifs is 2. The molecular weight excluding hydrogens is 204 g/mol. The number of piperidine rings is 1. The molecule has 0 aliphatic carbocycles. The minimum Gasteiger partial charge on any atom is -0.389 e. The molecule has 2 N–H and O–H groups in total. The number of rotatable bonds is 2. The zero-order chi connectivity index (χ0) is 11.2. The van der Waals surface area contributed by atoms with Crippen molar-refractivity contribution in [1.29, 1.82) is 0 Å². The maximum atomic E-state index is 10.6. The highest BCUT2D eigenvalue weighted by Gasteiger charge is 2.42. The predicted molar refractivity (Wildman–Crippen MR) is 58.8 cm³/mol. The summed E-state index contributed by atoms with van der Waals surface area (Å²) in [5, 5.41) is 18.2. The fourth-order valence-corrected chi connectivity index (χ4v) is 3.14. The van der Waals surface area contributed by atoms with E-state index in [4.69, 9.17) is 0 Å². The van der Waals surface area contributed by atoms with Gasteiger partial charge in [-0.3, -0.25) is 4.68 Å². The number of nitrogens with one attached hydrogen (secondary N) is 1. The van der Waals surface area contributed by atoms with Crippen LogP contribution in [0, 0.1) is 0 Å². The Morgan fingerprint density at radius 1 is 1.50 bits per heavy atom. The van der Waals surface area contributed by atoms with Gasteiger partial charge in [0.2, 0.25) is 0 Å². The monoisotopic (exact) mass is 222 g/mol.